The lowest BCUT2D eigenvalue weighted by Gasteiger charge is -2.23. The Bertz CT molecular complexity index is 1510. The van der Waals surface area contributed by atoms with E-state index in [2.05, 4.69) is 4.98 Å². The quantitative estimate of drug-likeness (QED) is 0.189. The summed E-state index contributed by atoms with van der Waals surface area (Å²) in [4.78, 5) is 39.4. The Morgan fingerprint density at radius 2 is 1.92 bits per heavy atom. The molecule has 1 aliphatic heterocycles. The summed E-state index contributed by atoms with van der Waals surface area (Å²) in [5.74, 6) is 1.16. The normalized spacial score (nSPS) is 14.3. The number of thiophene rings is 1. The van der Waals surface area contributed by atoms with Gasteiger partial charge in [-0.1, -0.05) is 24.3 Å². The molecule has 6 rings (SSSR count). The minimum Gasteiger partial charge on any atom is -0.475 e. The Labute approximate surface area is 231 Å². The molecule has 1 aliphatic carbocycles. The predicted octanol–water partition coefficient (Wildman–Crippen LogP) is 6.08. The van der Waals surface area contributed by atoms with E-state index in [0.29, 0.717) is 55.8 Å². The minimum atomic E-state index is -0.156. The van der Waals surface area contributed by atoms with Crippen molar-refractivity contribution in [2.45, 2.75) is 25.7 Å². The topological polar surface area (TPSA) is 81.6 Å². The summed E-state index contributed by atoms with van der Waals surface area (Å²) in [5.41, 5.74) is 4.79. The number of amides is 1. The van der Waals surface area contributed by atoms with Gasteiger partial charge >= 0.3 is 0 Å². The summed E-state index contributed by atoms with van der Waals surface area (Å²) in [7, 11) is 1.62. The number of anilines is 1. The van der Waals surface area contributed by atoms with E-state index in [9.17, 15) is 9.59 Å². The molecule has 39 heavy (non-hydrogen) atoms. The van der Waals surface area contributed by atoms with Crippen LogP contribution in [0.5, 0.6) is 5.88 Å². The Hall–Kier alpha value is -3.88. The zero-order valence-corrected chi connectivity index (χ0v) is 22.6. The molecule has 1 amide bonds. The van der Waals surface area contributed by atoms with Crippen molar-refractivity contribution in [3.63, 3.8) is 0 Å². The molecular formula is C31H29N3O4S. The summed E-state index contributed by atoms with van der Waals surface area (Å²) in [6.07, 6.45) is 5.35. The number of carbonyl (C=O) groups is 2. The molecule has 0 saturated heterocycles. The highest BCUT2D eigenvalue weighted by atomic mass is 32.1. The molecule has 7 nitrogen and oxygen atoms in total. The van der Waals surface area contributed by atoms with Crippen molar-refractivity contribution in [2.24, 2.45) is 5.92 Å². The first-order chi connectivity index (χ1) is 19.1. The zero-order valence-electron chi connectivity index (χ0n) is 21.8. The SMILES string of the molecule is COCCOc1ccc(-c2cccc(C(=O)N3CCc4cc(C(=O)CC5CC5)sc4-c4ccccc43)n2)cn1. The van der Waals surface area contributed by atoms with Crippen LogP contribution in [0.4, 0.5) is 5.69 Å². The first-order valence-corrected chi connectivity index (χ1v) is 14.0. The summed E-state index contributed by atoms with van der Waals surface area (Å²) in [6, 6.07) is 19.1. The number of fused-ring (bicyclic) bond motifs is 3. The van der Waals surface area contributed by atoms with Gasteiger partial charge in [-0.15, -0.1) is 11.3 Å². The van der Waals surface area contributed by atoms with Gasteiger partial charge in [0.25, 0.3) is 5.91 Å². The van der Waals surface area contributed by atoms with Crippen LogP contribution in [0.3, 0.4) is 0 Å². The maximum Gasteiger partial charge on any atom is 0.276 e. The largest absolute Gasteiger partial charge is 0.475 e. The van der Waals surface area contributed by atoms with Gasteiger partial charge in [-0.3, -0.25) is 9.59 Å². The predicted molar refractivity (Wildman–Crippen MR) is 152 cm³/mol. The van der Waals surface area contributed by atoms with Crippen molar-refractivity contribution in [1.82, 2.24) is 9.97 Å². The zero-order chi connectivity index (χ0) is 26.8. The second-order valence-corrected chi connectivity index (χ2v) is 10.9. The van der Waals surface area contributed by atoms with E-state index in [1.807, 2.05) is 53.4 Å². The summed E-state index contributed by atoms with van der Waals surface area (Å²) in [6.45, 7) is 1.42. The van der Waals surface area contributed by atoms with Crippen LogP contribution >= 0.6 is 11.3 Å². The van der Waals surface area contributed by atoms with Gasteiger partial charge in [0.2, 0.25) is 5.88 Å². The van der Waals surface area contributed by atoms with Crippen LogP contribution in [-0.2, 0) is 11.2 Å². The number of methoxy groups -OCH3 is 1. The van der Waals surface area contributed by atoms with E-state index in [0.717, 1.165) is 45.0 Å². The number of carbonyl (C=O) groups excluding carboxylic acids is 2. The van der Waals surface area contributed by atoms with Gasteiger partial charge in [0.15, 0.2) is 5.78 Å². The third-order valence-corrected chi connectivity index (χ3v) is 8.33. The van der Waals surface area contributed by atoms with Gasteiger partial charge in [-0.25, -0.2) is 9.97 Å². The van der Waals surface area contributed by atoms with Crippen LogP contribution in [-0.4, -0.2) is 48.5 Å². The van der Waals surface area contributed by atoms with E-state index in [4.69, 9.17) is 14.5 Å². The lowest BCUT2D eigenvalue weighted by Crippen LogP contribution is -2.33. The fourth-order valence-corrected chi connectivity index (χ4v) is 6.02. The van der Waals surface area contributed by atoms with Crippen LogP contribution in [0.2, 0.25) is 0 Å². The maximum atomic E-state index is 13.8. The second-order valence-electron chi connectivity index (χ2n) is 9.89. The van der Waals surface area contributed by atoms with Gasteiger partial charge in [0, 0.05) is 48.3 Å². The minimum absolute atomic E-state index is 0.156. The Kier molecular flexibility index (Phi) is 7.22. The van der Waals surface area contributed by atoms with Crippen LogP contribution in [0, 0.1) is 5.92 Å². The number of Topliss-reactive ketones (excluding diaryl/α,β-unsaturated/α-hetero) is 1. The molecule has 0 spiro atoms. The molecule has 0 N–H and O–H groups in total. The molecule has 2 aliphatic rings. The molecule has 0 bridgehead atoms. The van der Waals surface area contributed by atoms with Crippen LogP contribution < -0.4 is 9.64 Å². The van der Waals surface area contributed by atoms with Crippen molar-refractivity contribution in [3.05, 3.63) is 83.0 Å². The molecule has 1 fully saturated rings. The molecule has 1 saturated carbocycles. The highest BCUT2D eigenvalue weighted by Gasteiger charge is 2.30. The summed E-state index contributed by atoms with van der Waals surface area (Å²) in [5, 5.41) is 0. The first kappa shape index (κ1) is 25.4. The highest BCUT2D eigenvalue weighted by molar-refractivity contribution is 7.17. The van der Waals surface area contributed by atoms with Gasteiger partial charge in [0.1, 0.15) is 12.3 Å². The Morgan fingerprint density at radius 1 is 1.05 bits per heavy atom. The Morgan fingerprint density at radius 3 is 2.72 bits per heavy atom. The van der Waals surface area contributed by atoms with Crippen LogP contribution in [0.15, 0.2) is 66.9 Å². The van der Waals surface area contributed by atoms with E-state index in [-0.39, 0.29) is 11.7 Å². The number of rotatable bonds is 9. The third-order valence-electron chi connectivity index (χ3n) is 7.08. The molecule has 1 aromatic carbocycles. The first-order valence-electron chi connectivity index (χ1n) is 13.2. The molecule has 8 heteroatoms. The number of hydrogen-bond acceptors (Lipinski definition) is 7. The van der Waals surface area contributed by atoms with Gasteiger partial charge < -0.3 is 14.4 Å². The molecule has 4 heterocycles. The third kappa shape index (κ3) is 5.48. The van der Waals surface area contributed by atoms with E-state index >= 15 is 0 Å². The molecule has 0 radical (unpaired) electrons. The number of pyridine rings is 2. The van der Waals surface area contributed by atoms with Crippen molar-refractivity contribution < 1.29 is 19.1 Å². The monoisotopic (exact) mass is 539 g/mol. The van der Waals surface area contributed by atoms with E-state index in [1.165, 1.54) is 0 Å². The fraction of sp³-hybridized carbons (Fsp3) is 0.290. The van der Waals surface area contributed by atoms with Crippen molar-refractivity contribution >= 4 is 28.7 Å². The van der Waals surface area contributed by atoms with Crippen LogP contribution in [0.1, 0.15) is 45.0 Å². The molecular weight excluding hydrogens is 510 g/mol. The summed E-state index contributed by atoms with van der Waals surface area (Å²) < 4.78 is 10.6. The standard InChI is InChI=1S/C31H29N3O4S/c1-37-15-16-38-29-12-11-22(19-32-29)24-6-4-7-25(33-24)31(36)34-14-13-21-18-28(27(35)17-20-9-10-20)39-30(21)23-5-2-3-8-26(23)34/h2-8,11-12,18-20H,9-10,13-17H2,1H3. The number of nitrogens with zero attached hydrogens (tertiary/aromatic N) is 3. The average Bonchev–Trinajstić information content (AvgIpc) is 3.71. The lowest BCUT2D eigenvalue weighted by molar-refractivity contribution is 0.0972. The maximum absolute atomic E-state index is 13.8. The van der Waals surface area contributed by atoms with Crippen molar-refractivity contribution in [2.75, 3.05) is 31.8 Å². The van der Waals surface area contributed by atoms with Gasteiger partial charge in [-0.2, -0.15) is 0 Å². The molecule has 0 atom stereocenters. The molecule has 4 aromatic rings. The Balaban J connectivity index is 1.25. The average molecular weight is 540 g/mol. The molecule has 0 unspecified atom stereocenters. The lowest BCUT2D eigenvalue weighted by atomic mass is 10.1. The number of ketones is 1. The molecule has 3 aromatic heterocycles. The van der Waals surface area contributed by atoms with E-state index in [1.54, 1.807) is 36.8 Å². The second kappa shape index (κ2) is 11.1. The number of ether oxygens (including phenoxy) is 2. The van der Waals surface area contributed by atoms with Crippen molar-refractivity contribution in [1.29, 1.82) is 0 Å². The van der Waals surface area contributed by atoms with Crippen molar-refractivity contribution in [3.8, 4) is 27.6 Å². The number of benzene rings is 1. The summed E-state index contributed by atoms with van der Waals surface area (Å²) >= 11 is 1.56. The van der Waals surface area contributed by atoms with Crippen LogP contribution in [0.25, 0.3) is 21.7 Å². The smallest absolute Gasteiger partial charge is 0.276 e. The van der Waals surface area contributed by atoms with Gasteiger partial charge in [0.05, 0.1) is 22.9 Å². The van der Waals surface area contributed by atoms with E-state index < -0.39 is 0 Å². The fourth-order valence-electron chi connectivity index (χ4n) is 4.83. The number of para-hydroxylation sites is 1. The molecule has 198 valence electrons. The van der Waals surface area contributed by atoms with Gasteiger partial charge in [-0.05, 0) is 61.1 Å². The highest BCUT2D eigenvalue weighted by Crippen LogP contribution is 2.43. The number of hydrogen-bond donors (Lipinski definition) is 0. The number of aromatic nitrogens is 2.